The van der Waals surface area contributed by atoms with Gasteiger partial charge in [-0.25, -0.2) is 0 Å². The number of hydrogen-bond acceptors (Lipinski definition) is 1. The number of rotatable bonds is 9. The van der Waals surface area contributed by atoms with Gasteiger partial charge < -0.3 is 0 Å². The molecule has 0 aliphatic carbocycles. The highest BCUT2D eigenvalue weighted by Gasteiger charge is 1.97. The minimum Gasteiger partial charge on any atom is -0.137 e. The average molecular weight is 303 g/mol. The maximum absolute atomic E-state index is 3.51. The minimum atomic E-state index is 1.26. The van der Waals surface area contributed by atoms with Gasteiger partial charge in [-0.2, -0.15) is 0 Å². The van der Waals surface area contributed by atoms with E-state index in [0.717, 1.165) is 0 Å². The van der Waals surface area contributed by atoms with Crippen LogP contribution < -0.4 is 0 Å². The lowest BCUT2D eigenvalue weighted by Crippen LogP contribution is -1.84. The van der Waals surface area contributed by atoms with Gasteiger partial charge in [0.1, 0.15) is 0 Å². The highest BCUT2D eigenvalue weighted by Crippen LogP contribution is 2.22. The summed E-state index contributed by atoms with van der Waals surface area (Å²) in [5, 5.41) is 2.27. The van der Waals surface area contributed by atoms with Crippen LogP contribution in [0.3, 0.4) is 0 Å². The van der Waals surface area contributed by atoms with Gasteiger partial charge in [-0.3, -0.25) is 0 Å². The molecule has 1 rings (SSSR count). The summed E-state index contributed by atoms with van der Waals surface area (Å²) < 4.78 is 1.27. The van der Waals surface area contributed by atoms with Gasteiger partial charge in [0.05, 0.1) is 3.79 Å². The Hall–Kier alpha value is 0.180. The lowest BCUT2D eigenvalue weighted by Gasteiger charge is -2.00. The summed E-state index contributed by atoms with van der Waals surface area (Å²) in [6.45, 7) is 2.28. The minimum absolute atomic E-state index is 1.26. The Morgan fingerprint density at radius 3 is 2.19 bits per heavy atom. The zero-order valence-electron chi connectivity index (χ0n) is 10.3. The summed E-state index contributed by atoms with van der Waals surface area (Å²) in [5.74, 6) is 0. The molecule has 0 unspecified atom stereocenters. The molecule has 1 aromatic heterocycles. The molecular formula is C14H23BrS. The molecule has 0 saturated heterocycles. The van der Waals surface area contributed by atoms with Crippen molar-refractivity contribution in [3.05, 3.63) is 20.8 Å². The number of halogens is 1. The van der Waals surface area contributed by atoms with Crippen LogP contribution in [0.5, 0.6) is 0 Å². The van der Waals surface area contributed by atoms with Crippen molar-refractivity contribution in [1.82, 2.24) is 0 Å². The fourth-order valence-corrected chi connectivity index (χ4v) is 3.18. The van der Waals surface area contributed by atoms with Gasteiger partial charge in [-0.05, 0) is 45.8 Å². The Kier molecular flexibility index (Phi) is 8.22. The first-order chi connectivity index (χ1) is 7.83. The van der Waals surface area contributed by atoms with Crippen molar-refractivity contribution in [2.75, 3.05) is 0 Å². The topological polar surface area (TPSA) is 0 Å². The SMILES string of the molecule is CCCCCCCCCCc1csc(Br)c1. The first kappa shape index (κ1) is 14.2. The molecule has 0 saturated carbocycles. The highest BCUT2D eigenvalue weighted by molar-refractivity contribution is 9.11. The van der Waals surface area contributed by atoms with Crippen LogP contribution in [0.15, 0.2) is 15.2 Å². The van der Waals surface area contributed by atoms with E-state index in [1.165, 1.54) is 67.1 Å². The van der Waals surface area contributed by atoms with Gasteiger partial charge in [0.25, 0.3) is 0 Å². The summed E-state index contributed by atoms with van der Waals surface area (Å²) in [6.07, 6.45) is 12.5. The predicted octanol–water partition coefficient (Wildman–Crippen LogP) is 6.19. The van der Waals surface area contributed by atoms with E-state index in [-0.39, 0.29) is 0 Å². The number of unbranched alkanes of at least 4 members (excludes halogenated alkanes) is 7. The third-order valence-electron chi connectivity index (χ3n) is 2.94. The molecule has 0 aliphatic heterocycles. The normalized spacial score (nSPS) is 10.9. The fraction of sp³-hybridized carbons (Fsp3) is 0.714. The molecule has 0 radical (unpaired) electrons. The van der Waals surface area contributed by atoms with E-state index in [0.29, 0.717) is 0 Å². The average Bonchev–Trinajstić information content (AvgIpc) is 2.68. The molecule has 0 aliphatic rings. The molecule has 0 spiro atoms. The zero-order chi connectivity index (χ0) is 11.6. The summed E-state index contributed by atoms with van der Waals surface area (Å²) in [5.41, 5.74) is 1.50. The third kappa shape index (κ3) is 6.70. The maximum Gasteiger partial charge on any atom is 0.0701 e. The Morgan fingerprint density at radius 1 is 1.00 bits per heavy atom. The first-order valence-corrected chi connectivity index (χ1v) is 8.23. The van der Waals surface area contributed by atoms with Gasteiger partial charge in [-0.15, -0.1) is 11.3 Å². The molecule has 1 heterocycles. The van der Waals surface area contributed by atoms with Crippen LogP contribution in [-0.2, 0) is 6.42 Å². The van der Waals surface area contributed by atoms with Gasteiger partial charge in [0, 0.05) is 0 Å². The standard InChI is InChI=1S/C14H23BrS/c1-2-3-4-5-6-7-8-9-10-13-11-14(15)16-12-13/h11-12H,2-10H2,1H3. The Balaban J connectivity index is 1.88. The Bertz CT molecular complexity index is 267. The second kappa shape index (κ2) is 9.23. The van der Waals surface area contributed by atoms with E-state index >= 15 is 0 Å². The van der Waals surface area contributed by atoms with Crippen LogP contribution in [0.1, 0.15) is 63.9 Å². The second-order valence-corrected chi connectivity index (χ2v) is 6.77. The lowest BCUT2D eigenvalue weighted by atomic mass is 10.1. The molecule has 92 valence electrons. The molecule has 16 heavy (non-hydrogen) atoms. The van der Waals surface area contributed by atoms with Crippen LogP contribution in [0.4, 0.5) is 0 Å². The van der Waals surface area contributed by atoms with E-state index in [1.807, 2.05) is 0 Å². The van der Waals surface area contributed by atoms with Gasteiger partial charge in [0.15, 0.2) is 0 Å². The van der Waals surface area contributed by atoms with E-state index in [2.05, 4.69) is 34.3 Å². The predicted molar refractivity (Wildman–Crippen MR) is 78.3 cm³/mol. The van der Waals surface area contributed by atoms with Crippen LogP contribution in [0, 0.1) is 0 Å². The van der Waals surface area contributed by atoms with Crippen molar-refractivity contribution in [3.63, 3.8) is 0 Å². The third-order valence-corrected chi connectivity index (χ3v) is 4.49. The van der Waals surface area contributed by atoms with Gasteiger partial charge in [0.2, 0.25) is 0 Å². The summed E-state index contributed by atoms with van der Waals surface area (Å²) in [6, 6.07) is 2.26. The van der Waals surface area contributed by atoms with Crippen molar-refractivity contribution in [2.45, 2.75) is 64.7 Å². The molecule has 1 aromatic rings. The molecule has 0 aromatic carbocycles. The maximum atomic E-state index is 3.51. The van der Waals surface area contributed by atoms with Crippen molar-refractivity contribution in [1.29, 1.82) is 0 Å². The summed E-state index contributed by atoms with van der Waals surface area (Å²) in [4.78, 5) is 0. The smallest absolute Gasteiger partial charge is 0.0701 e. The molecule has 0 nitrogen and oxygen atoms in total. The highest BCUT2D eigenvalue weighted by atomic mass is 79.9. The van der Waals surface area contributed by atoms with Crippen molar-refractivity contribution >= 4 is 27.3 Å². The Morgan fingerprint density at radius 2 is 1.62 bits per heavy atom. The monoisotopic (exact) mass is 302 g/mol. The number of hydrogen-bond donors (Lipinski definition) is 0. The van der Waals surface area contributed by atoms with Crippen LogP contribution in [0.25, 0.3) is 0 Å². The zero-order valence-corrected chi connectivity index (χ0v) is 12.7. The number of aryl methyl sites for hydroxylation is 1. The van der Waals surface area contributed by atoms with Crippen molar-refractivity contribution < 1.29 is 0 Å². The van der Waals surface area contributed by atoms with E-state index in [4.69, 9.17) is 0 Å². The lowest BCUT2D eigenvalue weighted by molar-refractivity contribution is 0.575. The van der Waals surface area contributed by atoms with Crippen LogP contribution in [0.2, 0.25) is 0 Å². The van der Waals surface area contributed by atoms with Gasteiger partial charge in [-0.1, -0.05) is 51.9 Å². The first-order valence-electron chi connectivity index (χ1n) is 6.56. The molecule has 0 amide bonds. The van der Waals surface area contributed by atoms with E-state index < -0.39 is 0 Å². The molecule has 0 fully saturated rings. The molecule has 0 bridgehead atoms. The van der Waals surface area contributed by atoms with E-state index in [1.54, 1.807) is 11.3 Å². The summed E-state index contributed by atoms with van der Waals surface area (Å²) >= 11 is 5.31. The van der Waals surface area contributed by atoms with Crippen molar-refractivity contribution in [2.24, 2.45) is 0 Å². The molecular weight excluding hydrogens is 280 g/mol. The van der Waals surface area contributed by atoms with Crippen molar-refractivity contribution in [3.8, 4) is 0 Å². The van der Waals surface area contributed by atoms with Crippen LogP contribution >= 0.6 is 27.3 Å². The molecule has 0 N–H and O–H groups in total. The summed E-state index contributed by atoms with van der Waals surface area (Å²) in [7, 11) is 0. The molecule has 0 atom stereocenters. The van der Waals surface area contributed by atoms with Crippen LogP contribution in [-0.4, -0.2) is 0 Å². The quantitative estimate of drug-likeness (QED) is 0.477. The largest absolute Gasteiger partial charge is 0.137 e. The molecule has 2 heteroatoms. The van der Waals surface area contributed by atoms with Gasteiger partial charge >= 0.3 is 0 Å². The van der Waals surface area contributed by atoms with E-state index in [9.17, 15) is 0 Å². The second-order valence-electron chi connectivity index (χ2n) is 4.48. The Labute approximate surface area is 113 Å². The number of thiophene rings is 1. The fourth-order valence-electron chi connectivity index (χ4n) is 1.94.